The van der Waals surface area contributed by atoms with E-state index < -0.39 is 0 Å². The molecule has 0 spiro atoms. The van der Waals surface area contributed by atoms with Crippen molar-refractivity contribution in [2.24, 2.45) is 5.92 Å². The third-order valence-electron chi connectivity index (χ3n) is 2.54. The van der Waals surface area contributed by atoms with Gasteiger partial charge in [-0.15, -0.1) is 12.1 Å². The maximum Gasteiger partial charge on any atom is 1.00 e. The first-order valence-corrected chi connectivity index (χ1v) is 7.02. The van der Waals surface area contributed by atoms with Gasteiger partial charge in [-0.05, 0) is 12.2 Å². The number of imidazole rings is 1. The topological polar surface area (TPSA) is 17.8 Å². The standard InChI is InChI=1S/C14H17N2S.Li/c1-11(2)10-16-13(9-15-14(16)17-3)12-7-5-4-6-8-12;/h4-8,11H,10H2,1-3H3;/q-1;+1. The first-order valence-electron chi connectivity index (χ1n) is 5.80. The molecule has 18 heavy (non-hydrogen) atoms. The van der Waals surface area contributed by atoms with Crippen molar-refractivity contribution in [3.63, 3.8) is 0 Å². The van der Waals surface area contributed by atoms with Crippen molar-refractivity contribution in [2.45, 2.75) is 25.5 Å². The Hall–Kier alpha value is -0.623. The maximum absolute atomic E-state index is 4.36. The Kier molecular flexibility index (Phi) is 6.08. The van der Waals surface area contributed by atoms with Crippen molar-refractivity contribution in [2.75, 3.05) is 6.26 Å². The Bertz CT molecular complexity index is 480. The Morgan fingerprint density at radius 2 is 1.94 bits per heavy atom. The summed E-state index contributed by atoms with van der Waals surface area (Å²) in [7, 11) is 0. The molecule has 0 aliphatic heterocycles. The van der Waals surface area contributed by atoms with E-state index in [0.717, 1.165) is 17.4 Å². The van der Waals surface area contributed by atoms with Crippen LogP contribution >= 0.6 is 11.8 Å². The molecular formula is C14H17LiN2S. The fourth-order valence-electron chi connectivity index (χ4n) is 1.82. The van der Waals surface area contributed by atoms with E-state index in [1.54, 1.807) is 11.8 Å². The van der Waals surface area contributed by atoms with Crippen molar-refractivity contribution in [1.82, 2.24) is 9.55 Å². The summed E-state index contributed by atoms with van der Waals surface area (Å²) in [5.41, 5.74) is 2.27. The molecule has 0 saturated heterocycles. The average molecular weight is 252 g/mol. The summed E-state index contributed by atoms with van der Waals surface area (Å²) in [6, 6.07) is 10.3. The van der Waals surface area contributed by atoms with Gasteiger partial charge in [0.25, 0.3) is 0 Å². The fourth-order valence-corrected chi connectivity index (χ4v) is 2.35. The van der Waals surface area contributed by atoms with Gasteiger partial charge >= 0.3 is 18.9 Å². The van der Waals surface area contributed by atoms with Crippen LogP contribution in [0.1, 0.15) is 13.8 Å². The van der Waals surface area contributed by atoms with Gasteiger partial charge in [0.1, 0.15) is 0 Å². The van der Waals surface area contributed by atoms with Gasteiger partial charge < -0.3 is 9.55 Å². The molecule has 0 N–H and O–H groups in total. The molecule has 2 nitrogen and oxygen atoms in total. The molecular weight excluding hydrogens is 235 g/mol. The van der Waals surface area contributed by atoms with Gasteiger partial charge in [-0.2, -0.15) is 11.8 Å². The molecule has 0 aliphatic rings. The van der Waals surface area contributed by atoms with Gasteiger partial charge in [-0.3, -0.25) is 0 Å². The zero-order valence-corrected chi connectivity index (χ0v) is 12.3. The summed E-state index contributed by atoms with van der Waals surface area (Å²) in [6.45, 7) is 5.43. The third-order valence-corrected chi connectivity index (χ3v) is 3.21. The molecule has 0 bridgehead atoms. The Balaban J connectivity index is 0.00000162. The first kappa shape index (κ1) is 15.4. The maximum atomic E-state index is 4.36. The van der Waals surface area contributed by atoms with E-state index in [-0.39, 0.29) is 18.9 Å². The summed E-state index contributed by atoms with van der Waals surface area (Å²) in [5.74, 6) is 0.603. The van der Waals surface area contributed by atoms with Gasteiger partial charge in [0.2, 0.25) is 0 Å². The quantitative estimate of drug-likeness (QED) is 0.453. The van der Waals surface area contributed by atoms with Crippen molar-refractivity contribution in [1.29, 1.82) is 0 Å². The van der Waals surface area contributed by atoms with E-state index in [1.807, 2.05) is 6.07 Å². The van der Waals surface area contributed by atoms with E-state index >= 15 is 0 Å². The molecule has 1 aromatic heterocycles. The summed E-state index contributed by atoms with van der Waals surface area (Å²) < 4.78 is 2.25. The molecule has 90 valence electrons. The van der Waals surface area contributed by atoms with Crippen molar-refractivity contribution >= 4 is 11.8 Å². The minimum Gasteiger partial charge on any atom is -0.393 e. The second-order valence-electron chi connectivity index (χ2n) is 4.43. The van der Waals surface area contributed by atoms with Crippen LogP contribution in [-0.2, 0) is 6.54 Å². The zero-order valence-electron chi connectivity index (χ0n) is 11.5. The second-order valence-corrected chi connectivity index (χ2v) is 5.20. The number of rotatable bonds is 4. The summed E-state index contributed by atoms with van der Waals surface area (Å²) in [4.78, 5) is 4.36. The van der Waals surface area contributed by atoms with Gasteiger partial charge in [0.15, 0.2) is 0 Å². The van der Waals surface area contributed by atoms with E-state index in [1.165, 1.54) is 5.56 Å². The molecule has 0 amide bonds. The van der Waals surface area contributed by atoms with E-state index in [0.29, 0.717) is 5.92 Å². The van der Waals surface area contributed by atoms with Crippen molar-refractivity contribution in [3.05, 3.63) is 36.5 Å². The van der Waals surface area contributed by atoms with Crippen LogP contribution in [0.3, 0.4) is 0 Å². The average Bonchev–Trinajstić information content (AvgIpc) is 2.72. The smallest absolute Gasteiger partial charge is 0.393 e. The van der Waals surface area contributed by atoms with Crippen LogP contribution in [0.4, 0.5) is 0 Å². The number of nitrogens with zero attached hydrogens (tertiary/aromatic N) is 2. The third kappa shape index (κ3) is 3.44. The van der Waals surface area contributed by atoms with Crippen LogP contribution < -0.4 is 18.9 Å². The molecule has 0 saturated carbocycles. The molecule has 0 radical (unpaired) electrons. The predicted octanol–water partition coefficient (Wildman–Crippen LogP) is 0.732. The summed E-state index contributed by atoms with van der Waals surface area (Å²) in [5, 5.41) is 1.04. The van der Waals surface area contributed by atoms with Crippen LogP contribution in [0.5, 0.6) is 0 Å². The van der Waals surface area contributed by atoms with Crippen LogP contribution in [-0.4, -0.2) is 15.8 Å². The van der Waals surface area contributed by atoms with Gasteiger partial charge in [0, 0.05) is 6.54 Å². The molecule has 0 fully saturated rings. The van der Waals surface area contributed by atoms with Crippen molar-refractivity contribution < 1.29 is 18.9 Å². The minimum atomic E-state index is 0. The normalized spacial score (nSPS) is 10.4. The molecule has 1 aromatic carbocycles. The largest absolute Gasteiger partial charge is 1.00 e. The Labute approximate surface area is 125 Å². The number of thioether (sulfide) groups is 1. The molecule has 2 rings (SSSR count). The van der Waals surface area contributed by atoms with Gasteiger partial charge in [-0.25, -0.2) is 0 Å². The monoisotopic (exact) mass is 252 g/mol. The van der Waals surface area contributed by atoms with E-state index in [2.05, 4.69) is 60.1 Å². The number of benzene rings is 1. The zero-order chi connectivity index (χ0) is 12.3. The molecule has 1 heterocycles. The van der Waals surface area contributed by atoms with Crippen molar-refractivity contribution in [3.8, 4) is 11.3 Å². The van der Waals surface area contributed by atoms with E-state index in [4.69, 9.17) is 0 Å². The van der Waals surface area contributed by atoms with Crippen LogP contribution in [0.25, 0.3) is 11.3 Å². The van der Waals surface area contributed by atoms with Gasteiger partial charge in [-0.1, -0.05) is 49.5 Å². The minimum absolute atomic E-state index is 0. The number of hydrogen-bond acceptors (Lipinski definition) is 2. The van der Waals surface area contributed by atoms with E-state index in [9.17, 15) is 0 Å². The summed E-state index contributed by atoms with van der Waals surface area (Å²) in [6.07, 6.45) is 5.20. The van der Waals surface area contributed by atoms with Crippen LogP contribution in [0.2, 0.25) is 0 Å². The van der Waals surface area contributed by atoms with Gasteiger partial charge in [0.05, 0.1) is 5.16 Å². The van der Waals surface area contributed by atoms with Crippen LogP contribution in [0, 0.1) is 12.1 Å². The Morgan fingerprint density at radius 1 is 1.28 bits per heavy atom. The Morgan fingerprint density at radius 3 is 2.50 bits per heavy atom. The number of hydrogen-bond donors (Lipinski definition) is 0. The molecule has 4 heteroatoms. The molecule has 0 atom stereocenters. The predicted molar refractivity (Wildman–Crippen MR) is 73.1 cm³/mol. The number of aromatic nitrogens is 2. The molecule has 0 unspecified atom stereocenters. The fraction of sp³-hybridized carbons (Fsp3) is 0.357. The van der Waals surface area contributed by atoms with Crippen LogP contribution in [0.15, 0.2) is 35.5 Å². The molecule has 0 aliphatic carbocycles. The summed E-state index contributed by atoms with van der Waals surface area (Å²) >= 11 is 1.67. The first-order chi connectivity index (χ1) is 8.22. The SMILES string of the molecule is CSc1n[c-]c(-c2ccccc2)n1CC(C)C.[Li+]. The second kappa shape index (κ2) is 7.09. The molecule has 2 aromatic rings.